The van der Waals surface area contributed by atoms with E-state index in [1.807, 2.05) is 43.0 Å². The Balaban J connectivity index is 1.69. The minimum Gasteiger partial charge on any atom is -0.491 e. The zero-order valence-corrected chi connectivity index (χ0v) is 23.8. The first-order valence-electron chi connectivity index (χ1n) is 13.5. The third-order valence-corrected chi connectivity index (χ3v) is 7.15. The van der Waals surface area contributed by atoms with Gasteiger partial charge in [-0.15, -0.1) is 0 Å². The number of hydrogen-bond acceptors (Lipinski definition) is 8. The molecule has 2 aromatic heterocycles. The number of benzene rings is 1. The van der Waals surface area contributed by atoms with Gasteiger partial charge in [0.1, 0.15) is 24.2 Å². The van der Waals surface area contributed by atoms with Crippen LogP contribution in [0, 0.1) is 26.7 Å². The van der Waals surface area contributed by atoms with Gasteiger partial charge in [-0.3, -0.25) is 0 Å². The molecule has 1 fully saturated rings. The van der Waals surface area contributed by atoms with Gasteiger partial charge in [-0.2, -0.15) is 0 Å². The molecule has 10 heteroatoms. The van der Waals surface area contributed by atoms with E-state index in [-0.39, 0.29) is 12.6 Å². The Morgan fingerprint density at radius 3 is 2.77 bits per heavy atom. The highest BCUT2D eigenvalue weighted by Crippen LogP contribution is 2.33. The van der Waals surface area contributed by atoms with Crippen LogP contribution in [0.15, 0.2) is 28.8 Å². The van der Waals surface area contributed by atoms with Crippen molar-refractivity contribution in [1.82, 2.24) is 30.2 Å². The molecule has 0 spiro atoms. The van der Waals surface area contributed by atoms with E-state index in [2.05, 4.69) is 17.4 Å². The third kappa shape index (κ3) is 6.75. The van der Waals surface area contributed by atoms with Crippen LogP contribution in [0.25, 0.3) is 22.6 Å². The van der Waals surface area contributed by atoms with Gasteiger partial charge in [-0.1, -0.05) is 17.3 Å². The summed E-state index contributed by atoms with van der Waals surface area (Å²) in [6, 6.07) is 7.67. The number of carbonyl (C=O) groups excluding carboxylic acids is 1. The molecule has 3 heterocycles. The van der Waals surface area contributed by atoms with Gasteiger partial charge < -0.3 is 29.5 Å². The summed E-state index contributed by atoms with van der Waals surface area (Å²) in [5.74, 6) is 2.23. The van der Waals surface area contributed by atoms with Gasteiger partial charge in [-0.05, 0) is 70.7 Å². The van der Waals surface area contributed by atoms with E-state index in [1.165, 1.54) is 0 Å². The number of piperidine rings is 1. The largest absolute Gasteiger partial charge is 0.491 e. The standard InChI is InChI=1S/C29H40N6O4/c1-18-25(13-21-9-8-12-35(16-21)29(37)34(5)6)31-28(32-27(18)26-19(2)33-39-20(26)3)22-10-7-11-24(14-22)38-17-23(36)15-30-4/h7,10-11,14,21,23,30,36H,8-9,12-13,15-17H2,1-6H3. The molecule has 0 radical (unpaired) electrons. The monoisotopic (exact) mass is 536 g/mol. The number of carbonyl (C=O) groups is 1. The van der Waals surface area contributed by atoms with E-state index < -0.39 is 6.10 Å². The molecule has 210 valence electrons. The molecule has 2 N–H and O–H groups in total. The van der Waals surface area contributed by atoms with E-state index in [9.17, 15) is 9.90 Å². The molecule has 2 amide bonds. The molecule has 10 nitrogen and oxygen atoms in total. The van der Waals surface area contributed by atoms with Crippen molar-refractivity contribution in [3.63, 3.8) is 0 Å². The van der Waals surface area contributed by atoms with Crippen LogP contribution >= 0.6 is 0 Å². The number of aliphatic hydroxyl groups excluding tert-OH is 1. The lowest BCUT2D eigenvalue weighted by Crippen LogP contribution is -2.45. The zero-order chi connectivity index (χ0) is 28.1. The number of aryl methyl sites for hydroxylation is 2. The molecule has 2 atom stereocenters. The molecule has 2 unspecified atom stereocenters. The highest BCUT2D eigenvalue weighted by molar-refractivity contribution is 5.74. The number of amides is 2. The molecule has 39 heavy (non-hydrogen) atoms. The van der Waals surface area contributed by atoms with Gasteiger partial charge in [0.2, 0.25) is 0 Å². The Hall–Kier alpha value is -3.50. The fraction of sp³-hybridized carbons (Fsp3) is 0.517. The predicted octanol–water partition coefficient (Wildman–Crippen LogP) is 3.62. The van der Waals surface area contributed by atoms with Crippen LogP contribution in [0.3, 0.4) is 0 Å². The van der Waals surface area contributed by atoms with Crippen LogP contribution in [-0.4, -0.2) is 89.6 Å². The third-order valence-electron chi connectivity index (χ3n) is 7.15. The van der Waals surface area contributed by atoms with Crippen molar-refractivity contribution in [2.45, 2.75) is 46.1 Å². The van der Waals surface area contributed by atoms with Crippen LogP contribution < -0.4 is 10.1 Å². The maximum absolute atomic E-state index is 12.6. The number of ether oxygens (including phenoxy) is 1. The van der Waals surface area contributed by atoms with Crippen molar-refractivity contribution in [2.75, 3.05) is 47.4 Å². The molecule has 0 bridgehead atoms. The number of likely N-dealkylation sites (N-methyl/N-ethyl adjacent to an activating group) is 1. The lowest BCUT2D eigenvalue weighted by Gasteiger charge is -2.34. The molecule has 3 aromatic rings. The van der Waals surface area contributed by atoms with Crippen LogP contribution in [0.2, 0.25) is 0 Å². The van der Waals surface area contributed by atoms with Crippen LogP contribution in [0.1, 0.15) is 35.6 Å². The van der Waals surface area contributed by atoms with Crippen LogP contribution in [0.5, 0.6) is 5.75 Å². The number of aliphatic hydroxyl groups is 1. The summed E-state index contributed by atoms with van der Waals surface area (Å²) in [5, 5.41) is 17.1. The number of nitrogens with zero attached hydrogens (tertiary/aromatic N) is 5. The Morgan fingerprint density at radius 1 is 1.28 bits per heavy atom. The van der Waals surface area contributed by atoms with Gasteiger partial charge >= 0.3 is 6.03 Å². The van der Waals surface area contributed by atoms with Crippen molar-refractivity contribution in [2.24, 2.45) is 5.92 Å². The first-order valence-corrected chi connectivity index (χ1v) is 13.5. The summed E-state index contributed by atoms with van der Waals surface area (Å²) in [7, 11) is 5.38. The van der Waals surface area contributed by atoms with Gasteiger partial charge in [0.05, 0.1) is 17.0 Å². The van der Waals surface area contributed by atoms with Crippen molar-refractivity contribution < 1.29 is 19.2 Å². The first-order chi connectivity index (χ1) is 18.7. The minimum atomic E-state index is -0.610. The van der Waals surface area contributed by atoms with Crippen LogP contribution in [0.4, 0.5) is 4.79 Å². The maximum atomic E-state index is 12.6. The van der Waals surface area contributed by atoms with E-state index in [0.29, 0.717) is 36.3 Å². The van der Waals surface area contributed by atoms with E-state index in [0.717, 1.165) is 59.6 Å². The molecule has 0 aliphatic carbocycles. The lowest BCUT2D eigenvalue weighted by molar-refractivity contribution is 0.108. The average molecular weight is 537 g/mol. The van der Waals surface area contributed by atoms with Crippen molar-refractivity contribution in [3.8, 4) is 28.4 Å². The summed E-state index contributed by atoms with van der Waals surface area (Å²) in [4.78, 5) is 26.2. The lowest BCUT2D eigenvalue weighted by atomic mass is 9.91. The van der Waals surface area contributed by atoms with Gasteiger partial charge in [0, 0.05) is 45.0 Å². The fourth-order valence-electron chi connectivity index (χ4n) is 5.13. The fourth-order valence-corrected chi connectivity index (χ4v) is 5.13. The molecule has 1 saturated heterocycles. The number of hydrogen-bond donors (Lipinski definition) is 2. The predicted molar refractivity (Wildman–Crippen MR) is 150 cm³/mol. The summed E-state index contributed by atoms with van der Waals surface area (Å²) in [5.41, 5.74) is 5.23. The average Bonchev–Trinajstić information content (AvgIpc) is 3.26. The van der Waals surface area contributed by atoms with E-state index >= 15 is 0 Å². The zero-order valence-electron chi connectivity index (χ0n) is 23.8. The molecular weight excluding hydrogens is 496 g/mol. The van der Waals surface area contributed by atoms with Crippen molar-refractivity contribution >= 4 is 6.03 Å². The number of aromatic nitrogens is 3. The highest BCUT2D eigenvalue weighted by atomic mass is 16.5. The minimum absolute atomic E-state index is 0.0489. The van der Waals surface area contributed by atoms with Crippen LogP contribution in [-0.2, 0) is 6.42 Å². The number of nitrogens with one attached hydrogen (secondary N) is 1. The molecule has 1 aliphatic rings. The van der Waals surface area contributed by atoms with Gasteiger partial charge in [0.15, 0.2) is 5.82 Å². The summed E-state index contributed by atoms with van der Waals surface area (Å²) < 4.78 is 11.3. The second-order valence-corrected chi connectivity index (χ2v) is 10.6. The summed E-state index contributed by atoms with van der Waals surface area (Å²) in [6.45, 7) is 7.98. The maximum Gasteiger partial charge on any atom is 0.319 e. The molecule has 1 aliphatic heterocycles. The summed E-state index contributed by atoms with van der Waals surface area (Å²) in [6.07, 6.45) is 2.13. The number of rotatable bonds is 9. The van der Waals surface area contributed by atoms with E-state index in [4.69, 9.17) is 19.2 Å². The molecular formula is C29H40N6O4. The first kappa shape index (κ1) is 28.5. The Kier molecular flexibility index (Phi) is 9.19. The second kappa shape index (κ2) is 12.6. The highest BCUT2D eigenvalue weighted by Gasteiger charge is 2.27. The normalized spacial score (nSPS) is 16.3. The quantitative estimate of drug-likeness (QED) is 0.426. The number of urea groups is 1. The Labute approximate surface area is 230 Å². The molecule has 0 saturated carbocycles. The van der Waals surface area contributed by atoms with Gasteiger partial charge in [0.25, 0.3) is 0 Å². The Bertz CT molecular complexity index is 1270. The number of likely N-dealkylation sites (tertiary alicyclic amines) is 1. The topological polar surface area (TPSA) is 117 Å². The van der Waals surface area contributed by atoms with Gasteiger partial charge in [-0.25, -0.2) is 14.8 Å². The Morgan fingerprint density at radius 2 is 2.08 bits per heavy atom. The smallest absolute Gasteiger partial charge is 0.319 e. The second-order valence-electron chi connectivity index (χ2n) is 10.6. The summed E-state index contributed by atoms with van der Waals surface area (Å²) >= 11 is 0. The molecule has 1 aromatic carbocycles. The van der Waals surface area contributed by atoms with Crippen molar-refractivity contribution in [1.29, 1.82) is 0 Å². The molecule has 4 rings (SSSR count). The van der Waals surface area contributed by atoms with E-state index in [1.54, 1.807) is 26.0 Å². The van der Waals surface area contributed by atoms with Crippen molar-refractivity contribution in [3.05, 3.63) is 47.0 Å². The SMILES string of the molecule is CNCC(O)COc1cccc(-c2nc(CC3CCCN(C(=O)N(C)C)C3)c(C)c(-c3c(C)noc3C)n2)c1.